The van der Waals surface area contributed by atoms with Crippen molar-refractivity contribution in [1.82, 2.24) is 16.0 Å². The van der Waals surface area contributed by atoms with Crippen molar-refractivity contribution in [2.45, 2.75) is 77.5 Å². The van der Waals surface area contributed by atoms with Crippen molar-refractivity contribution in [2.24, 2.45) is 11.8 Å². The molecule has 0 aliphatic heterocycles. The summed E-state index contributed by atoms with van der Waals surface area (Å²) in [5.74, 6) is -1.58. The van der Waals surface area contributed by atoms with Crippen LogP contribution < -0.4 is 16.0 Å². The predicted octanol–water partition coefficient (Wildman–Crippen LogP) is 2.63. The summed E-state index contributed by atoms with van der Waals surface area (Å²) >= 11 is 0. The number of carboxylic acids is 1. The van der Waals surface area contributed by atoms with Crippen molar-refractivity contribution < 1.29 is 29.0 Å². The van der Waals surface area contributed by atoms with Gasteiger partial charge in [0, 0.05) is 18.9 Å². The molecule has 0 heterocycles. The second kappa shape index (κ2) is 12.4. The lowest BCUT2D eigenvalue weighted by atomic mass is 9.81. The quantitative estimate of drug-likeness (QED) is 0.434. The van der Waals surface area contributed by atoms with Crippen molar-refractivity contribution >= 4 is 23.9 Å². The van der Waals surface area contributed by atoms with Gasteiger partial charge in [0.2, 0.25) is 11.8 Å². The maximum atomic E-state index is 12.9. The Morgan fingerprint density at radius 2 is 1.65 bits per heavy atom. The number of hydrogen-bond donors (Lipinski definition) is 4. The summed E-state index contributed by atoms with van der Waals surface area (Å²) < 4.78 is 5.32. The topological polar surface area (TPSA) is 134 Å². The highest BCUT2D eigenvalue weighted by atomic mass is 16.6. The first-order valence-corrected chi connectivity index (χ1v) is 11.8. The Morgan fingerprint density at radius 3 is 2.21 bits per heavy atom. The second-order valence-electron chi connectivity index (χ2n) is 9.92. The Bertz CT molecular complexity index is 844. The lowest BCUT2D eigenvalue weighted by Gasteiger charge is -2.29. The summed E-state index contributed by atoms with van der Waals surface area (Å²) in [6.07, 6.45) is 2.47. The van der Waals surface area contributed by atoms with Gasteiger partial charge < -0.3 is 25.8 Å². The number of carbonyl (C=O) groups is 4. The fourth-order valence-electron chi connectivity index (χ4n) is 3.90. The first-order chi connectivity index (χ1) is 15.9. The molecule has 9 nitrogen and oxygen atoms in total. The van der Waals surface area contributed by atoms with Gasteiger partial charge in [0.1, 0.15) is 17.7 Å². The number of amides is 3. The van der Waals surface area contributed by atoms with Gasteiger partial charge in [-0.25, -0.2) is 4.79 Å². The summed E-state index contributed by atoms with van der Waals surface area (Å²) in [7, 11) is 0. The molecule has 2 atom stereocenters. The fraction of sp³-hybridized carbons (Fsp3) is 0.600. The molecule has 9 heteroatoms. The summed E-state index contributed by atoms with van der Waals surface area (Å²) in [6, 6.07) is 7.75. The largest absolute Gasteiger partial charge is 0.480 e. The van der Waals surface area contributed by atoms with E-state index in [4.69, 9.17) is 9.84 Å². The lowest BCUT2D eigenvalue weighted by Crippen LogP contribution is -2.50. The number of ether oxygens (including phenoxy) is 1. The predicted molar refractivity (Wildman–Crippen MR) is 127 cm³/mol. The molecule has 1 aromatic carbocycles. The average Bonchev–Trinajstić information content (AvgIpc) is 2.76. The average molecular weight is 476 g/mol. The summed E-state index contributed by atoms with van der Waals surface area (Å²) in [4.78, 5) is 48.4. The third-order valence-electron chi connectivity index (χ3n) is 5.80. The van der Waals surface area contributed by atoms with Crippen molar-refractivity contribution in [3.63, 3.8) is 0 Å². The first kappa shape index (κ1) is 27.1. The molecule has 0 saturated heterocycles. The number of carbonyl (C=O) groups excluding carboxylic acids is 3. The van der Waals surface area contributed by atoms with E-state index in [1.807, 2.05) is 30.3 Å². The third kappa shape index (κ3) is 9.41. The number of rotatable bonds is 9. The van der Waals surface area contributed by atoms with E-state index in [-0.39, 0.29) is 23.7 Å². The van der Waals surface area contributed by atoms with E-state index in [1.165, 1.54) is 6.92 Å². The molecule has 34 heavy (non-hydrogen) atoms. The van der Waals surface area contributed by atoms with Crippen molar-refractivity contribution in [1.29, 1.82) is 0 Å². The molecule has 1 aromatic rings. The van der Waals surface area contributed by atoms with Crippen LogP contribution in [0.5, 0.6) is 0 Å². The highest BCUT2D eigenvalue weighted by molar-refractivity contribution is 5.86. The second-order valence-corrected chi connectivity index (χ2v) is 9.92. The van der Waals surface area contributed by atoms with E-state index < -0.39 is 29.7 Å². The summed E-state index contributed by atoms with van der Waals surface area (Å²) in [5, 5.41) is 17.1. The van der Waals surface area contributed by atoms with Gasteiger partial charge in [-0.15, -0.1) is 0 Å². The molecule has 1 saturated carbocycles. The highest BCUT2D eigenvalue weighted by Crippen LogP contribution is 2.28. The minimum Gasteiger partial charge on any atom is -0.480 e. The molecule has 1 aliphatic rings. The molecule has 0 bridgehead atoms. The van der Waals surface area contributed by atoms with E-state index in [9.17, 15) is 19.2 Å². The van der Waals surface area contributed by atoms with Gasteiger partial charge in [-0.3, -0.25) is 14.4 Å². The molecule has 2 unspecified atom stereocenters. The smallest absolute Gasteiger partial charge is 0.408 e. The number of aliphatic carboxylic acids is 1. The number of nitrogens with one attached hydrogen (secondary N) is 3. The lowest BCUT2D eigenvalue weighted by molar-refractivity contribution is -0.142. The number of benzene rings is 1. The Kier molecular flexibility index (Phi) is 9.89. The Hall–Kier alpha value is -3.10. The van der Waals surface area contributed by atoms with Crippen LogP contribution in [0, 0.1) is 11.8 Å². The van der Waals surface area contributed by atoms with Gasteiger partial charge >= 0.3 is 12.1 Å². The molecule has 0 aromatic heterocycles. The van der Waals surface area contributed by atoms with Gasteiger partial charge in [-0.05, 0) is 64.9 Å². The van der Waals surface area contributed by atoms with Crippen LogP contribution in [0.1, 0.15) is 58.9 Å². The molecule has 2 rings (SSSR count). The van der Waals surface area contributed by atoms with E-state index in [1.54, 1.807) is 20.8 Å². The van der Waals surface area contributed by atoms with Gasteiger partial charge in [0.15, 0.2) is 0 Å². The van der Waals surface area contributed by atoms with Crippen LogP contribution in [-0.4, -0.2) is 53.2 Å². The fourth-order valence-corrected chi connectivity index (χ4v) is 3.90. The molecule has 1 fully saturated rings. The molecule has 4 N–H and O–H groups in total. The molecule has 3 amide bonds. The van der Waals surface area contributed by atoms with Gasteiger partial charge in [0.25, 0.3) is 0 Å². The van der Waals surface area contributed by atoms with Crippen LogP contribution >= 0.6 is 0 Å². The van der Waals surface area contributed by atoms with E-state index in [0.717, 1.165) is 18.4 Å². The highest BCUT2D eigenvalue weighted by Gasteiger charge is 2.29. The minimum absolute atomic E-state index is 0.212. The van der Waals surface area contributed by atoms with Crippen LogP contribution in [0.15, 0.2) is 30.3 Å². The molecule has 0 spiro atoms. The van der Waals surface area contributed by atoms with Gasteiger partial charge in [0.05, 0.1) is 0 Å². The van der Waals surface area contributed by atoms with Gasteiger partial charge in [-0.1, -0.05) is 30.3 Å². The van der Waals surface area contributed by atoms with Crippen molar-refractivity contribution in [3.05, 3.63) is 35.9 Å². The van der Waals surface area contributed by atoms with Crippen LogP contribution in [0.2, 0.25) is 0 Å². The van der Waals surface area contributed by atoms with E-state index >= 15 is 0 Å². The molecule has 188 valence electrons. The van der Waals surface area contributed by atoms with Crippen molar-refractivity contribution in [2.75, 3.05) is 6.54 Å². The minimum atomic E-state index is -1.06. The van der Waals surface area contributed by atoms with Crippen LogP contribution in [0.4, 0.5) is 4.79 Å². The molecule has 0 radical (unpaired) electrons. The number of hydrogen-bond acceptors (Lipinski definition) is 5. The third-order valence-corrected chi connectivity index (χ3v) is 5.80. The monoisotopic (exact) mass is 475 g/mol. The zero-order valence-electron chi connectivity index (χ0n) is 20.4. The van der Waals surface area contributed by atoms with Crippen LogP contribution in [0.3, 0.4) is 0 Å². The zero-order chi connectivity index (χ0) is 25.3. The SMILES string of the molecule is CC(NC(=O)C1CCC(CNC(=O)C(Cc2ccccc2)NC(=O)OC(C)(C)C)CC1)C(=O)O. The van der Waals surface area contributed by atoms with E-state index in [2.05, 4.69) is 16.0 Å². The summed E-state index contributed by atoms with van der Waals surface area (Å²) in [5.41, 5.74) is 0.242. The number of carboxylic acid groups (broad SMARTS) is 1. The standard InChI is InChI=1S/C25H37N3O6/c1-16(23(31)32)27-21(29)19-12-10-18(11-13-19)15-26-22(30)20(14-17-8-6-5-7-9-17)28-24(33)34-25(2,3)4/h5-9,16,18-20H,10-15H2,1-4H3,(H,26,30)(H,27,29)(H,28,33)(H,31,32). The summed E-state index contributed by atoms with van der Waals surface area (Å²) in [6.45, 7) is 7.17. The first-order valence-electron chi connectivity index (χ1n) is 11.8. The van der Waals surface area contributed by atoms with Crippen LogP contribution in [-0.2, 0) is 25.5 Å². The Morgan fingerprint density at radius 1 is 1.03 bits per heavy atom. The molecular weight excluding hydrogens is 438 g/mol. The van der Waals surface area contributed by atoms with Crippen molar-refractivity contribution in [3.8, 4) is 0 Å². The van der Waals surface area contributed by atoms with E-state index in [0.29, 0.717) is 25.8 Å². The maximum absolute atomic E-state index is 12.9. The normalized spacial score (nSPS) is 19.9. The molecular formula is C25H37N3O6. The Balaban J connectivity index is 1.88. The maximum Gasteiger partial charge on any atom is 0.408 e. The van der Waals surface area contributed by atoms with Crippen LogP contribution in [0.25, 0.3) is 0 Å². The zero-order valence-corrected chi connectivity index (χ0v) is 20.4. The van der Waals surface area contributed by atoms with Gasteiger partial charge in [-0.2, -0.15) is 0 Å². The molecule has 1 aliphatic carbocycles. The number of alkyl carbamates (subject to hydrolysis) is 1. The Labute approximate surface area is 201 Å².